The third-order valence-electron chi connectivity index (χ3n) is 4.35. The van der Waals surface area contributed by atoms with Crippen LogP contribution < -0.4 is 20.9 Å². The third-order valence-corrected chi connectivity index (χ3v) is 5.99. The number of benzene rings is 2. The average Bonchev–Trinajstić information content (AvgIpc) is 3.11. The monoisotopic (exact) mass is 392 g/mol. The molecule has 0 bridgehead atoms. The average molecular weight is 392 g/mol. The number of halogens is 1. The van der Waals surface area contributed by atoms with Gasteiger partial charge in [-0.2, -0.15) is 0 Å². The molecule has 0 aliphatic carbocycles. The van der Waals surface area contributed by atoms with Gasteiger partial charge in [-0.1, -0.05) is 23.8 Å². The van der Waals surface area contributed by atoms with Crippen LogP contribution in [0.5, 0.6) is 0 Å². The molecule has 3 rings (SSSR count). The summed E-state index contributed by atoms with van der Waals surface area (Å²) in [4.78, 5) is 12.6. The van der Waals surface area contributed by atoms with Crippen LogP contribution in [0.3, 0.4) is 0 Å². The summed E-state index contributed by atoms with van der Waals surface area (Å²) in [6.45, 7) is 3.64. The maximum Gasteiger partial charge on any atom is 0.250 e. The number of amides is 1. The van der Waals surface area contributed by atoms with E-state index in [1.54, 1.807) is 43.3 Å². The van der Waals surface area contributed by atoms with Crippen molar-refractivity contribution in [2.24, 2.45) is 5.92 Å². The Morgan fingerprint density at radius 1 is 1.11 bits per heavy atom. The fourth-order valence-electron chi connectivity index (χ4n) is 2.76. The quantitative estimate of drug-likeness (QED) is 0.623. The van der Waals surface area contributed by atoms with Crippen LogP contribution in [0.4, 0.5) is 15.8 Å². The lowest BCUT2D eigenvalue weighted by atomic mass is 10.1. The largest absolute Gasteiger partial charge is 0.326 e. The van der Waals surface area contributed by atoms with Gasteiger partial charge in [0.25, 0.3) is 10.0 Å². The molecule has 2 aromatic carbocycles. The summed E-state index contributed by atoms with van der Waals surface area (Å²) < 4.78 is 41.5. The smallest absolute Gasteiger partial charge is 0.250 e. The second kappa shape index (κ2) is 7.63. The second-order valence-electron chi connectivity index (χ2n) is 6.52. The zero-order valence-electron chi connectivity index (χ0n) is 14.9. The molecular weight excluding hydrogens is 371 g/mol. The molecule has 0 saturated carbocycles. The summed E-state index contributed by atoms with van der Waals surface area (Å²) >= 11 is 0. The van der Waals surface area contributed by atoms with E-state index in [1.165, 1.54) is 6.07 Å². The SMILES string of the molecule is Cc1ccc(NS(=O)(=O)C2NNCC2C(=O)Nc2ccc(C)c(F)c2)cc1. The highest BCUT2D eigenvalue weighted by molar-refractivity contribution is 7.93. The normalized spacial score (nSPS) is 19.7. The summed E-state index contributed by atoms with van der Waals surface area (Å²) in [5.41, 5.74) is 7.48. The Morgan fingerprint density at radius 3 is 2.44 bits per heavy atom. The van der Waals surface area contributed by atoms with E-state index in [4.69, 9.17) is 0 Å². The van der Waals surface area contributed by atoms with Gasteiger partial charge in [-0.3, -0.25) is 14.9 Å². The van der Waals surface area contributed by atoms with Gasteiger partial charge in [-0.15, -0.1) is 0 Å². The Kier molecular flexibility index (Phi) is 5.45. The van der Waals surface area contributed by atoms with Crippen LogP contribution in [0.25, 0.3) is 0 Å². The predicted octanol–water partition coefficient (Wildman–Crippen LogP) is 1.87. The lowest BCUT2D eigenvalue weighted by molar-refractivity contribution is -0.119. The molecule has 4 N–H and O–H groups in total. The summed E-state index contributed by atoms with van der Waals surface area (Å²) in [7, 11) is -3.89. The Balaban J connectivity index is 1.74. The number of carbonyl (C=O) groups excluding carboxylic acids is 1. The van der Waals surface area contributed by atoms with Gasteiger partial charge in [0.1, 0.15) is 5.82 Å². The van der Waals surface area contributed by atoms with Crippen molar-refractivity contribution in [3.05, 3.63) is 59.4 Å². The fourth-order valence-corrected chi connectivity index (χ4v) is 4.24. The van der Waals surface area contributed by atoms with Crippen LogP contribution >= 0.6 is 0 Å². The van der Waals surface area contributed by atoms with Gasteiger partial charge in [0.2, 0.25) is 5.91 Å². The van der Waals surface area contributed by atoms with E-state index >= 15 is 0 Å². The van der Waals surface area contributed by atoms with E-state index < -0.39 is 33.0 Å². The number of hydrogen-bond acceptors (Lipinski definition) is 5. The minimum Gasteiger partial charge on any atom is -0.326 e. The van der Waals surface area contributed by atoms with Gasteiger partial charge in [-0.05, 0) is 43.7 Å². The van der Waals surface area contributed by atoms with E-state index in [1.807, 2.05) is 6.92 Å². The standard InChI is InChI=1S/C18H21FN4O3S/c1-11-3-6-13(7-4-11)23-27(25,26)18-15(10-20-22-18)17(24)21-14-8-5-12(2)16(19)9-14/h3-9,15,18,20,22-23H,10H2,1-2H3,(H,21,24). The second-order valence-corrected chi connectivity index (χ2v) is 8.32. The van der Waals surface area contributed by atoms with E-state index in [0.29, 0.717) is 11.3 Å². The first kappa shape index (κ1) is 19.3. The number of carbonyl (C=O) groups is 1. The van der Waals surface area contributed by atoms with Crippen molar-refractivity contribution in [1.29, 1.82) is 0 Å². The molecule has 1 saturated heterocycles. The molecule has 0 radical (unpaired) electrons. The van der Waals surface area contributed by atoms with E-state index in [9.17, 15) is 17.6 Å². The molecule has 1 amide bonds. The maximum atomic E-state index is 13.7. The van der Waals surface area contributed by atoms with Gasteiger partial charge in [0.15, 0.2) is 5.37 Å². The summed E-state index contributed by atoms with van der Waals surface area (Å²) in [5, 5.41) is 1.40. The topological polar surface area (TPSA) is 99.3 Å². The molecule has 0 spiro atoms. The van der Waals surface area contributed by atoms with Crippen LogP contribution in [0.1, 0.15) is 11.1 Å². The predicted molar refractivity (Wildman–Crippen MR) is 102 cm³/mol. The molecule has 9 heteroatoms. The highest BCUT2D eigenvalue weighted by atomic mass is 32.2. The van der Waals surface area contributed by atoms with E-state index in [2.05, 4.69) is 20.9 Å². The first-order valence-electron chi connectivity index (χ1n) is 8.40. The highest BCUT2D eigenvalue weighted by Gasteiger charge is 2.41. The van der Waals surface area contributed by atoms with E-state index in [-0.39, 0.29) is 12.2 Å². The molecule has 1 heterocycles. The molecule has 27 heavy (non-hydrogen) atoms. The lowest BCUT2D eigenvalue weighted by Crippen LogP contribution is -2.45. The van der Waals surface area contributed by atoms with Crippen molar-refractivity contribution in [1.82, 2.24) is 10.9 Å². The molecule has 1 aliphatic rings. The first-order valence-corrected chi connectivity index (χ1v) is 9.94. The number of hydrogen-bond donors (Lipinski definition) is 4. The maximum absolute atomic E-state index is 13.7. The van der Waals surface area contributed by atoms with E-state index in [0.717, 1.165) is 5.56 Å². The first-order chi connectivity index (χ1) is 12.8. The molecule has 7 nitrogen and oxygen atoms in total. The zero-order valence-corrected chi connectivity index (χ0v) is 15.7. The van der Waals surface area contributed by atoms with Gasteiger partial charge < -0.3 is 5.32 Å². The number of anilines is 2. The Morgan fingerprint density at radius 2 is 1.78 bits per heavy atom. The Bertz CT molecular complexity index is 948. The van der Waals surface area contributed by atoms with Crippen molar-refractivity contribution < 1.29 is 17.6 Å². The minimum absolute atomic E-state index is 0.125. The van der Waals surface area contributed by atoms with Gasteiger partial charge in [-0.25, -0.2) is 18.2 Å². The fraction of sp³-hybridized carbons (Fsp3) is 0.278. The Labute approximate surface area is 157 Å². The molecule has 2 atom stereocenters. The number of aryl methyl sites for hydroxylation is 2. The molecule has 1 aliphatic heterocycles. The van der Waals surface area contributed by atoms with Crippen LogP contribution in [-0.2, 0) is 14.8 Å². The van der Waals surface area contributed by atoms with Crippen molar-refractivity contribution in [2.75, 3.05) is 16.6 Å². The van der Waals surface area contributed by atoms with Crippen LogP contribution in [0, 0.1) is 25.6 Å². The van der Waals surface area contributed by atoms with Crippen LogP contribution in [-0.4, -0.2) is 26.2 Å². The molecule has 144 valence electrons. The molecule has 0 aromatic heterocycles. The minimum atomic E-state index is -3.89. The molecule has 2 unspecified atom stereocenters. The Hall–Kier alpha value is -2.49. The lowest BCUT2D eigenvalue weighted by Gasteiger charge is -2.19. The zero-order chi connectivity index (χ0) is 19.6. The highest BCUT2D eigenvalue weighted by Crippen LogP contribution is 2.21. The number of hydrazine groups is 1. The van der Waals surface area contributed by atoms with Gasteiger partial charge in [0.05, 0.1) is 5.92 Å². The summed E-state index contributed by atoms with van der Waals surface area (Å²) in [6, 6.07) is 11.2. The molecular formula is C18H21FN4O3S. The van der Waals surface area contributed by atoms with Crippen molar-refractivity contribution in [3.63, 3.8) is 0 Å². The number of nitrogens with one attached hydrogen (secondary N) is 4. The molecule has 2 aromatic rings. The summed E-state index contributed by atoms with van der Waals surface area (Å²) in [5.74, 6) is -1.85. The van der Waals surface area contributed by atoms with Crippen LogP contribution in [0.15, 0.2) is 42.5 Å². The van der Waals surface area contributed by atoms with Crippen molar-refractivity contribution in [3.8, 4) is 0 Å². The van der Waals surface area contributed by atoms with Crippen molar-refractivity contribution in [2.45, 2.75) is 19.2 Å². The van der Waals surface area contributed by atoms with Gasteiger partial charge in [0, 0.05) is 17.9 Å². The number of rotatable bonds is 5. The van der Waals surface area contributed by atoms with Crippen LogP contribution in [0.2, 0.25) is 0 Å². The number of sulfonamides is 1. The third kappa shape index (κ3) is 4.44. The van der Waals surface area contributed by atoms with Gasteiger partial charge >= 0.3 is 0 Å². The summed E-state index contributed by atoms with van der Waals surface area (Å²) in [6.07, 6.45) is 0. The van der Waals surface area contributed by atoms with Crippen molar-refractivity contribution >= 4 is 27.3 Å². The molecule has 1 fully saturated rings.